The lowest BCUT2D eigenvalue weighted by atomic mass is 10.0. The molecule has 0 aromatic carbocycles. The van der Waals surface area contributed by atoms with Crippen LogP contribution in [0, 0.1) is 5.92 Å². The zero-order valence-electron chi connectivity index (χ0n) is 9.04. The number of carbonyl (C=O) groups is 1. The van der Waals surface area contributed by atoms with Crippen LogP contribution >= 0.6 is 0 Å². The highest BCUT2D eigenvalue weighted by Crippen LogP contribution is 2.06. The average Bonchev–Trinajstić information content (AvgIpc) is 2.04. The predicted molar refractivity (Wildman–Crippen MR) is 56.8 cm³/mol. The van der Waals surface area contributed by atoms with E-state index in [0.717, 1.165) is 19.1 Å². The molecule has 0 atom stereocenters. The Kier molecular flexibility index (Phi) is 5.76. The van der Waals surface area contributed by atoms with Crippen molar-refractivity contribution in [3.63, 3.8) is 0 Å². The predicted octanol–water partition coefficient (Wildman–Crippen LogP) is 0.583. The molecule has 0 bridgehead atoms. The van der Waals surface area contributed by atoms with E-state index >= 15 is 0 Å². The first kappa shape index (κ1) is 13.4. The topological polar surface area (TPSA) is 63.2 Å². The standard InChI is InChI=1S/C9H19NO3S/c1-4-8(5-2)9(11)10-6-7-14(3,12)13/h8H,4-7H2,1-3H3,(H,10,11). The fourth-order valence-electron chi connectivity index (χ4n) is 1.16. The van der Waals surface area contributed by atoms with E-state index in [4.69, 9.17) is 0 Å². The van der Waals surface area contributed by atoms with Crippen LogP contribution in [0.3, 0.4) is 0 Å². The van der Waals surface area contributed by atoms with E-state index in [0.29, 0.717) is 0 Å². The van der Waals surface area contributed by atoms with Crippen LogP contribution in [0.1, 0.15) is 26.7 Å². The van der Waals surface area contributed by atoms with Crippen LogP contribution in [-0.2, 0) is 14.6 Å². The summed E-state index contributed by atoms with van der Waals surface area (Å²) in [6.45, 7) is 4.11. The summed E-state index contributed by atoms with van der Waals surface area (Å²) >= 11 is 0. The summed E-state index contributed by atoms with van der Waals surface area (Å²) in [4.78, 5) is 11.4. The van der Waals surface area contributed by atoms with Crippen molar-refractivity contribution in [3.05, 3.63) is 0 Å². The van der Waals surface area contributed by atoms with Crippen molar-refractivity contribution in [2.24, 2.45) is 5.92 Å². The van der Waals surface area contributed by atoms with Crippen LogP contribution in [0.25, 0.3) is 0 Å². The van der Waals surface area contributed by atoms with Gasteiger partial charge in [0.1, 0.15) is 9.84 Å². The van der Waals surface area contributed by atoms with Gasteiger partial charge >= 0.3 is 0 Å². The summed E-state index contributed by atoms with van der Waals surface area (Å²) < 4.78 is 21.5. The number of rotatable bonds is 6. The molecule has 0 aliphatic carbocycles. The van der Waals surface area contributed by atoms with Crippen LogP contribution < -0.4 is 5.32 Å². The zero-order chi connectivity index (χ0) is 11.2. The van der Waals surface area contributed by atoms with Crippen molar-refractivity contribution in [2.75, 3.05) is 18.6 Å². The number of carbonyl (C=O) groups excluding carboxylic acids is 1. The highest BCUT2D eigenvalue weighted by Gasteiger charge is 2.13. The number of sulfone groups is 1. The van der Waals surface area contributed by atoms with Gasteiger partial charge in [-0.2, -0.15) is 0 Å². The Morgan fingerprint density at radius 3 is 2.14 bits per heavy atom. The van der Waals surface area contributed by atoms with Gasteiger partial charge in [0.25, 0.3) is 0 Å². The van der Waals surface area contributed by atoms with Crippen molar-refractivity contribution in [2.45, 2.75) is 26.7 Å². The van der Waals surface area contributed by atoms with E-state index in [-0.39, 0.29) is 24.1 Å². The van der Waals surface area contributed by atoms with Gasteiger partial charge < -0.3 is 5.32 Å². The van der Waals surface area contributed by atoms with Gasteiger partial charge in [0, 0.05) is 18.7 Å². The second kappa shape index (κ2) is 6.01. The molecule has 0 aromatic rings. The third-order valence-electron chi connectivity index (χ3n) is 2.13. The summed E-state index contributed by atoms with van der Waals surface area (Å²) in [7, 11) is -2.97. The molecular formula is C9H19NO3S. The molecule has 0 saturated heterocycles. The van der Waals surface area contributed by atoms with Crippen molar-refractivity contribution in [1.82, 2.24) is 5.32 Å². The van der Waals surface area contributed by atoms with Crippen molar-refractivity contribution >= 4 is 15.7 Å². The van der Waals surface area contributed by atoms with Crippen LogP contribution in [0.4, 0.5) is 0 Å². The fraction of sp³-hybridized carbons (Fsp3) is 0.889. The molecule has 0 aliphatic rings. The fourth-order valence-corrected chi connectivity index (χ4v) is 1.64. The van der Waals surface area contributed by atoms with Crippen LogP contribution in [0.5, 0.6) is 0 Å². The molecule has 0 fully saturated rings. The van der Waals surface area contributed by atoms with Crippen LogP contribution in [0.15, 0.2) is 0 Å². The largest absolute Gasteiger partial charge is 0.355 e. The molecule has 0 unspecified atom stereocenters. The minimum atomic E-state index is -2.97. The van der Waals surface area contributed by atoms with E-state index in [1.807, 2.05) is 13.8 Å². The molecule has 0 spiro atoms. The Morgan fingerprint density at radius 2 is 1.79 bits per heavy atom. The van der Waals surface area contributed by atoms with Gasteiger partial charge in [-0.25, -0.2) is 8.42 Å². The number of amides is 1. The zero-order valence-corrected chi connectivity index (χ0v) is 9.86. The molecule has 0 saturated carbocycles. The summed E-state index contributed by atoms with van der Waals surface area (Å²) in [6, 6.07) is 0. The molecule has 0 aliphatic heterocycles. The first-order valence-electron chi connectivity index (χ1n) is 4.86. The maximum absolute atomic E-state index is 11.4. The van der Waals surface area contributed by atoms with Crippen LogP contribution in [0.2, 0.25) is 0 Å². The van der Waals surface area contributed by atoms with E-state index in [2.05, 4.69) is 5.32 Å². The molecule has 84 valence electrons. The number of hydrogen-bond acceptors (Lipinski definition) is 3. The lowest BCUT2D eigenvalue weighted by Gasteiger charge is -2.11. The second-order valence-corrected chi connectivity index (χ2v) is 5.69. The Labute approximate surface area is 86.0 Å². The van der Waals surface area contributed by atoms with Gasteiger partial charge in [-0.1, -0.05) is 13.8 Å². The number of nitrogens with one attached hydrogen (secondary N) is 1. The second-order valence-electron chi connectivity index (χ2n) is 3.43. The monoisotopic (exact) mass is 221 g/mol. The summed E-state index contributed by atoms with van der Waals surface area (Å²) in [6.07, 6.45) is 2.75. The number of hydrogen-bond donors (Lipinski definition) is 1. The maximum Gasteiger partial charge on any atom is 0.223 e. The smallest absolute Gasteiger partial charge is 0.223 e. The van der Waals surface area contributed by atoms with Gasteiger partial charge in [0.2, 0.25) is 5.91 Å². The molecule has 0 radical (unpaired) electrons. The van der Waals surface area contributed by atoms with E-state index < -0.39 is 9.84 Å². The van der Waals surface area contributed by atoms with Crippen molar-refractivity contribution in [3.8, 4) is 0 Å². The highest BCUT2D eigenvalue weighted by atomic mass is 32.2. The minimum absolute atomic E-state index is 0.00885. The van der Waals surface area contributed by atoms with Crippen molar-refractivity contribution < 1.29 is 13.2 Å². The molecule has 5 heteroatoms. The molecule has 1 N–H and O–H groups in total. The summed E-state index contributed by atoms with van der Waals surface area (Å²) in [5.74, 6) is -0.0213. The summed E-state index contributed by atoms with van der Waals surface area (Å²) in [5, 5.41) is 2.62. The van der Waals surface area contributed by atoms with E-state index in [1.165, 1.54) is 0 Å². The highest BCUT2D eigenvalue weighted by molar-refractivity contribution is 7.90. The minimum Gasteiger partial charge on any atom is -0.355 e. The summed E-state index contributed by atoms with van der Waals surface area (Å²) in [5.41, 5.74) is 0. The first-order valence-corrected chi connectivity index (χ1v) is 6.92. The lowest BCUT2D eigenvalue weighted by molar-refractivity contribution is -0.125. The molecule has 4 nitrogen and oxygen atoms in total. The molecule has 0 heterocycles. The van der Waals surface area contributed by atoms with Gasteiger partial charge in [-0.15, -0.1) is 0 Å². The molecule has 0 rings (SSSR count). The molecule has 0 aromatic heterocycles. The van der Waals surface area contributed by atoms with E-state index in [1.54, 1.807) is 0 Å². The molecular weight excluding hydrogens is 202 g/mol. The Balaban J connectivity index is 3.85. The Morgan fingerprint density at radius 1 is 1.29 bits per heavy atom. The van der Waals surface area contributed by atoms with Gasteiger partial charge in [0.05, 0.1) is 5.75 Å². The van der Waals surface area contributed by atoms with Gasteiger partial charge in [0.15, 0.2) is 0 Å². The molecule has 1 amide bonds. The first-order chi connectivity index (χ1) is 6.40. The Bertz CT molecular complexity index is 268. The quantitative estimate of drug-likeness (QED) is 0.713. The third-order valence-corrected chi connectivity index (χ3v) is 3.07. The Hall–Kier alpha value is -0.580. The SMILES string of the molecule is CCC(CC)C(=O)NCCS(C)(=O)=O. The van der Waals surface area contributed by atoms with Gasteiger partial charge in [-0.3, -0.25) is 4.79 Å². The van der Waals surface area contributed by atoms with Crippen molar-refractivity contribution in [1.29, 1.82) is 0 Å². The average molecular weight is 221 g/mol. The third kappa shape index (κ3) is 5.96. The normalized spacial score (nSPS) is 11.7. The maximum atomic E-state index is 11.4. The van der Waals surface area contributed by atoms with Crippen LogP contribution in [-0.4, -0.2) is 32.9 Å². The van der Waals surface area contributed by atoms with Gasteiger partial charge in [-0.05, 0) is 12.8 Å². The lowest BCUT2D eigenvalue weighted by Crippen LogP contribution is -2.33. The molecule has 14 heavy (non-hydrogen) atoms. The van der Waals surface area contributed by atoms with E-state index in [9.17, 15) is 13.2 Å².